The summed E-state index contributed by atoms with van der Waals surface area (Å²) in [5.74, 6) is 1.77. The molecule has 1 aromatic heterocycles. The van der Waals surface area contributed by atoms with E-state index in [2.05, 4.69) is 29.6 Å². The summed E-state index contributed by atoms with van der Waals surface area (Å²) >= 11 is 0. The van der Waals surface area contributed by atoms with Crippen molar-refractivity contribution < 1.29 is 5.11 Å². The molecule has 0 aliphatic heterocycles. The molecule has 0 spiro atoms. The van der Waals surface area contributed by atoms with Crippen LogP contribution in [0.3, 0.4) is 0 Å². The molecule has 3 unspecified atom stereocenters. The van der Waals surface area contributed by atoms with Crippen LogP contribution in [0.2, 0.25) is 0 Å². The summed E-state index contributed by atoms with van der Waals surface area (Å²) in [5, 5.41) is 9.82. The molecule has 1 heterocycles. The molecule has 1 aliphatic rings. The van der Waals surface area contributed by atoms with E-state index in [1.165, 1.54) is 6.42 Å². The maximum atomic E-state index is 9.82. The third kappa shape index (κ3) is 2.14. The topological polar surface area (TPSA) is 38.0 Å². The van der Waals surface area contributed by atoms with Gasteiger partial charge in [-0.1, -0.05) is 13.3 Å². The van der Waals surface area contributed by atoms with Crippen LogP contribution in [0, 0.1) is 19.8 Å². The van der Waals surface area contributed by atoms with E-state index >= 15 is 0 Å². The first kappa shape index (κ1) is 11.6. The van der Waals surface area contributed by atoms with Crippen LogP contribution >= 0.6 is 0 Å². The fourth-order valence-corrected chi connectivity index (χ4v) is 2.98. The lowest BCUT2D eigenvalue weighted by Gasteiger charge is -2.35. The average Bonchev–Trinajstić information content (AvgIpc) is 2.57. The molecule has 0 bridgehead atoms. The van der Waals surface area contributed by atoms with E-state index in [1.54, 1.807) is 0 Å². The summed E-state index contributed by atoms with van der Waals surface area (Å²) < 4.78 is 2.27. The van der Waals surface area contributed by atoms with Gasteiger partial charge in [0.2, 0.25) is 0 Å². The first-order chi connectivity index (χ1) is 7.61. The molecule has 1 aromatic rings. The van der Waals surface area contributed by atoms with Crippen molar-refractivity contribution in [2.75, 3.05) is 0 Å². The number of aliphatic hydroxyl groups is 1. The summed E-state index contributed by atoms with van der Waals surface area (Å²) in [6.45, 7) is 6.33. The predicted molar refractivity (Wildman–Crippen MR) is 64.4 cm³/mol. The molecular formula is C13H22N2O. The average molecular weight is 222 g/mol. The molecule has 3 atom stereocenters. The SMILES string of the molecule is CCC1CCC(O)CC1n1cc(C)nc1C. The van der Waals surface area contributed by atoms with E-state index in [0.29, 0.717) is 12.0 Å². The summed E-state index contributed by atoms with van der Waals surface area (Å²) in [4.78, 5) is 4.46. The summed E-state index contributed by atoms with van der Waals surface area (Å²) in [5.41, 5.74) is 1.08. The monoisotopic (exact) mass is 222 g/mol. The lowest BCUT2D eigenvalue weighted by molar-refractivity contribution is 0.0705. The number of imidazole rings is 1. The van der Waals surface area contributed by atoms with Crippen LogP contribution in [0.25, 0.3) is 0 Å². The Bertz CT molecular complexity index is 359. The van der Waals surface area contributed by atoms with Crippen molar-refractivity contribution in [3.8, 4) is 0 Å². The van der Waals surface area contributed by atoms with Gasteiger partial charge in [0, 0.05) is 12.2 Å². The maximum absolute atomic E-state index is 9.82. The van der Waals surface area contributed by atoms with E-state index in [0.717, 1.165) is 30.8 Å². The molecular weight excluding hydrogens is 200 g/mol. The van der Waals surface area contributed by atoms with Crippen molar-refractivity contribution >= 4 is 0 Å². The van der Waals surface area contributed by atoms with Gasteiger partial charge in [0.15, 0.2) is 0 Å². The van der Waals surface area contributed by atoms with Gasteiger partial charge >= 0.3 is 0 Å². The fraction of sp³-hybridized carbons (Fsp3) is 0.769. The van der Waals surface area contributed by atoms with Crippen LogP contribution in [0.4, 0.5) is 0 Å². The third-order valence-electron chi connectivity index (χ3n) is 3.85. The zero-order valence-electron chi connectivity index (χ0n) is 10.5. The highest BCUT2D eigenvalue weighted by Gasteiger charge is 2.30. The Labute approximate surface area is 97.5 Å². The second kappa shape index (κ2) is 4.58. The Morgan fingerprint density at radius 3 is 2.75 bits per heavy atom. The zero-order valence-corrected chi connectivity index (χ0v) is 10.5. The second-order valence-electron chi connectivity index (χ2n) is 5.04. The van der Waals surface area contributed by atoms with Gasteiger partial charge in [0.05, 0.1) is 11.8 Å². The van der Waals surface area contributed by atoms with Crippen LogP contribution in [0.15, 0.2) is 6.20 Å². The summed E-state index contributed by atoms with van der Waals surface area (Å²) in [6, 6.07) is 0.440. The standard InChI is InChI=1S/C13H22N2O/c1-4-11-5-6-12(16)7-13(11)15-8-9(2)14-10(15)3/h8,11-13,16H,4-7H2,1-3H3. The normalized spacial score (nSPS) is 30.6. The summed E-state index contributed by atoms with van der Waals surface area (Å²) in [6.07, 6.45) is 6.17. The van der Waals surface area contributed by atoms with E-state index in [9.17, 15) is 5.11 Å². The van der Waals surface area contributed by atoms with Crippen LogP contribution in [0.5, 0.6) is 0 Å². The molecule has 0 radical (unpaired) electrons. The smallest absolute Gasteiger partial charge is 0.106 e. The van der Waals surface area contributed by atoms with Gasteiger partial charge in [-0.05, 0) is 39.0 Å². The van der Waals surface area contributed by atoms with Crippen molar-refractivity contribution in [2.24, 2.45) is 5.92 Å². The van der Waals surface area contributed by atoms with E-state index in [-0.39, 0.29) is 6.10 Å². The molecule has 2 rings (SSSR count). The van der Waals surface area contributed by atoms with Gasteiger partial charge < -0.3 is 9.67 Å². The zero-order chi connectivity index (χ0) is 11.7. The molecule has 0 aromatic carbocycles. The Balaban J connectivity index is 2.25. The van der Waals surface area contributed by atoms with Gasteiger partial charge in [-0.3, -0.25) is 0 Å². The molecule has 0 amide bonds. The number of aromatic nitrogens is 2. The van der Waals surface area contributed by atoms with Crippen molar-refractivity contribution in [3.63, 3.8) is 0 Å². The van der Waals surface area contributed by atoms with Gasteiger partial charge in [-0.2, -0.15) is 0 Å². The van der Waals surface area contributed by atoms with Crippen molar-refractivity contribution in [3.05, 3.63) is 17.7 Å². The van der Waals surface area contributed by atoms with Gasteiger partial charge in [-0.25, -0.2) is 4.98 Å². The number of aryl methyl sites for hydroxylation is 2. The summed E-state index contributed by atoms with van der Waals surface area (Å²) in [7, 11) is 0. The minimum Gasteiger partial charge on any atom is -0.393 e. The highest BCUT2D eigenvalue weighted by molar-refractivity contribution is 5.04. The highest BCUT2D eigenvalue weighted by Crippen LogP contribution is 2.36. The van der Waals surface area contributed by atoms with Gasteiger partial charge in [0.25, 0.3) is 0 Å². The minimum absolute atomic E-state index is 0.130. The molecule has 90 valence electrons. The predicted octanol–water partition coefficient (Wildman–Crippen LogP) is 2.61. The molecule has 1 saturated carbocycles. The molecule has 16 heavy (non-hydrogen) atoms. The lowest BCUT2D eigenvalue weighted by atomic mass is 9.81. The fourth-order valence-electron chi connectivity index (χ4n) is 2.98. The Kier molecular flexibility index (Phi) is 3.33. The number of rotatable bonds is 2. The third-order valence-corrected chi connectivity index (χ3v) is 3.85. The Morgan fingerprint density at radius 1 is 1.44 bits per heavy atom. The molecule has 1 fully saturated rings. The van der Waals surface area contributed by atoms with Gasteiger partial charge in [0.1, 0.15) is 5.82 Å². The first-order valence-electron chi connectivity index (χ1n) is 6.32. The Hall–Kier alpha value is -0.830. The Morgan fingerprint density at radius 2 is 2.19 bits per heavy atom. The quantitative estimate of drug-likeness (QED) is 0.835. The molecule has 3 nitrogen and oxygen atoms in total. The maximum Gasteiger partial charge on any atom is 0.106 e. The number of nitrogens with zero attached hydrogens (tertiary/aromatic N) is 2. The van der Waals surface area contributed by atoms with E-state index in [1.807, 2.05) is 6.92 Å². The van der Waals surface area contributed by atoms with Crippen LogP contribution < -0.4 is 0 Å². The van der Waals surface area contributed by atoms with Crippen molar-refractivity contribution in [1.82, 2.24) is 9.55 Å². The minimum atomic E-state index is -0.130. The molecule has 1 aliphatic carbocycles. The van der Waals surface area contributed by atoms with Crippen LogP contribution in [-0.4, -0.2) is 20.8 Å². The number of hydrogen-bond donors (Lipinski definition) is 1. The van der Waals surface area contributed by atoms with Crippen molar-refractivity contribution in [2.45, 2.75) is 58.6 Å². The van der Waals surface area contributed by atoms with Crippen molar-refractivity contribution in [1.29, 1.82) is 0 Å². The van der Waals surface area contributed by atoms with E-state index < -0.39 is 0 Å². The van der Waals surface area contributed by atoms with E-state index in [4.69, 9.17) is 0 Å². The number of aliphatic hydroxyl groups excluding tert-OH is 1. The van der Waals surface area contributed by atoms with Gasteiger partial charge in [-0.15, -0.1) is 0 Å². The highest BCUT2D eigenvalue weighted by atomic mass is 16.3. The largest absolute Gasteiger partial charge is 0.393 e. The molecule has 1 N–H and O–H groups in total. The number of hydrogen-bond acceptors (Lipinski definition) is 2. The molecule has 3 heteroatoms. The lowest BCUT2D eigenvalue weighted by Crippen LogP contribution is -2.30. The first-order valence-corrected chi connectivity index (χ1v) is 6.32. The second-order valence-corrected chi connectivity index (χ2v) is 5.04. The van der Waals surface area contributed by atoms with Crippen LogP contribution in [-0.2, 0) is 0 Å². The van der Waals surface area contributed by atoms with Crippen LogP contribution in [0.1, 0.15) is 50.2 Å². The molecule has 0 saturated heterocycles.